The first-order valence-corrected chi connectivity index (χ1v) is 22.5. The average molecular weight is 777 g/mol. The number of rotatable bonds is 14. The zero-order valence-electron chi connectivity index (χ0n) is 41.6. The van der Waals surface area contributed by atoms with Gasteiger partial charge in [-0.1, -0.05) is 212 Å². The Bertz CT molecular complexity index is 1330. The summed E-state index contributed by atoms with van der Waals surface area (Å²) in [5.41, 5.74) is 11.6. The molecule has 56 heavy (non-hydrogen) atoms. The van der Waals surface area contributed by atoms with Crippen molar-refractivity contribution in [2.24, 2.45) is 0 Å². The summed E-state index contributed by atoms with van der Waals surface area (Å²) < 4.78 is 0. The van der Waals surface area contributed by atoms with Crippen LogP contribution in [0.1, 0.15) is 242 Å². The minimum atomic E-state index is -0.115. The van der Waals surface area contributed by atoms with Crippen molar-refractivity contribution in [3.63, 3.8) is 0 Å². The van der Waals surface area contributed by atoms with Gasteiger partial charge < -0.3 is 9.90 Å². The lowest BCUT2D eigenvalue weighted by Crippen LogP contribution is -2.22. The van der Waals surface area contributed by atoms with E-state index >= 15 is 0 Å². The van der Waals surface area contributed by atoms with Gasteiger partial charge in [-0.3, -0.25) is 0 Å². The van der Waals surface area contributed by atoms with Gasteiger partial charge in [0.25, 0.3) is 0 Å². The zero-order valence-corrected chi connectivity index (χ0v) is 41.6. The minimum absolute atomic E-state index is 0.115. The first-order valence-electron chi connectivity index (χ1n) is 22.5. The van der Waals surface area contributed by atoms with Crippen LogP contribution in [0, 0.1) is 0 Å². The van der Waals surface area contributed by atoms with Crippen molar-refractivity contribution >= 4 is 5.78 Å². The van der Waals surface area contributed by atoms with Gasteiger partial charge >= 0.3 is 0 Å². The lowest BCUT2D eigenvalue weighted by molar-refractivity contribution is -0.116. The molecule has 0 amide bonds. The van der Waals surface area contributed by atoms with Crippen LogP contribution in [0.3, 0.4) is 0 Å². The molecule has 1 N–H and O–H groups in total. The van der Waals surface area contributed by atoms with E-state index in [-0.39, 0.29) is 27.4 Å². The van der Waals surface area contributed by atoms with E-state index in [1.165, 1.54) is 71.9 Å². The Labute approximate surface area is 351 Å². The maximum Gasteiger partial charge on any atom is 0.130 e. The number of phenols is 1. The van der Waals surface area contributed by atoms with Crippen LogP contribution < -0.4 is 0 Å². The summed E-state index contributed by atoms with van der Waals surface area (Å²) >= 11 is 0. The molecule has 0 radical (unpaired) electrons. The van der Waals surface area contributed by atoms with Crippen LogP contribution >= 0.6 is 0 Å². The molecule has 324 valence electrons. The van der Waals surface area contributed by atoms with Crippen molar-refractivity contribution in [1.29, 1.82) is 0 Å². The molecule has 0 atom stereocenters. The molecule has 0 aliphatic carbocycles. The van der Waals surface area contributed by atoms with E-state index in [4.69, 9.17) is 0 Å². The summed E-state index contributed by atoms with van der Waals surface area (Å²) in [7, 11) is 0. The monoisotopic (exact) mass is 777 g/mol. The standard InChI is InChI=1S/C24H38.C18H28O2.C8H18.2C2H6/c1-11-18(4)14-20-21(23(5,6)7)15-19(13-12-17(2)3)16-22(20)24(8,9)10;1-12(19)8-9-13-10-14(17(2,3)4)16(20)15(11-13)18(5,6)7;1-3-5-7-8-6-4-2;2*1-2/h15-16H,2,4,11-14H2,1,3,5-10H3;10-11,20H,8-9H2,1-7H3;3-8H2,1-2H3;2*1-2H3. The SMILES string of the molecule is C=C(C)CCc1cc(C(C)(C)C)c(CC(=C)CC)c(C(C)(C)C)c1.CC.CC.CC(=O)CCc1cc(C(C)(C)C)c(O)c(C(C)(C)C)c1.CCCCCCCC. The number of aromatic hydroxyl groups is 1. The molecule has 0 aromatic heterocycles. The van der Waals surface area contributed by atoms with Crippen molar-refractivity contribution in [3.8, 4) is 5.75 Å². The molecule has 2 rings (SSSR count). The highest BCUT2D eigenvalue weighted by atomic mass is 16.3. The van der Waals surface area contributed by atoms with Gasteiger partial charge in [0.2, 0.25) is 0 Å². The molecule has 0 aliphatic heterocycles. The quantitative estimate of drug-likeness (QED) is 0.153. The number of aryl methyl sites for hydroxylation is 2. The number of carbonyl (C=O) groups excluding carboxylic acids is 1. The van der Waals surface area contributed by atoms with E-state index in [2.05, 4.69) is 136 Å². The predicted molar refractivity (Wildman–Crippen MR) is 256 cm³/mol. The van der Waals surface area contributed by atoms with E-state index in [1.807, 2.05) is 39.8 Å². The van der Waals surface area contributed by atoms with E-state index < -0.39 is 0 Å². The van der Waals surface area contributed by atoms with Gasteiger partial charge in [0.1, 0.15) is 11.5 Å². The average Bonchev–Trinajstić information content (AvgIpc) is 3.09. The smallest absolute Gasteiger partial charge is 0.130 e. The van der Waals surface area contributed by atoms with Crippen LogP contribution in [-0.4, -0.2) is 10.9 Å². The number of ketones is 1. The Morgan fingerprint density at radius 3 is 1.14 bits per heavy atom. The number of unbranched alkanes of at least 4 members (excludes halogenated alkanes) is 5. The third kappa shape index (κ3) is 23.6. The summed E-state index contributed by atoms with van der Waals surface area (Å²) in [5.74, 6) is 0.601. The Balaban J connectivity index is -0.000000789. The molecule has 0 unspecified atom stereocenters. The topological polar surface area (TPSA) is 37.3 Å². The van der Waals surface area contributed by atoms with Gasteiger partial charge in [-0.2, -0.15) is 0 Å². The molecule has 0 bridgehead atoms. The second-order valence-electron chi connectivity index (χ2n) is 19.6. The molecule has 2 aromatic rings. The highest BCUT2D eigenvalue weighted by Crippen LogP contribution is 2.40. The van der Waals surface area contributed by atoms with Gasteiger partial charge in [-0.25, -0.2) is 0 Å². The normalized spacial score (nSPS) is 11.4. The summed E-state index contributed by atoms with van der Waals surface area (Å²) in [6.45, 7) is 53.4. The number of hydrogen-bond acceptors (Lipinski definition) is 2. The lowest BCUT2D eigenvalue weighted by atomic mass is 9.73. The minimum Gasteiger partial charge on any atom is -0.507 e. The number of carbonyl (C=O) groups is 1. The molecule has 0 aliphatic rings. The molecule has 2 heteroatoms. The first-order chi connectivity index (χ1) is 25.7. The largest absolute Gasteiger partial charge is 0.507 e. The number of benzene rings is 2. The summed E-state index contributed by atoms with van der Waals surface area (Å²) in [4.78, 5) is 11.2. The molecule has 0 heterocycles. The van der Waals surface area contributed by atoms with E-state index in [1.54, 1.807) is 6.92 Å². The summed E-state index contributed by atoms with van der Waals surface area (Å²) in [6.07, 6.45) is 14.0. The molecular formula is C54H96O2. The molecule has 0 fully saturated rings. The van der Waals surface area contributed by atoms with Crippen LogP contribution in [0.25, 0.3) is 0 Å². The van der Waals surface area contributed by atoms with Crippen molar-refractivity contribution < 1.29 is 9.90 Å². The summed E-state index contributed by atoms with van der Waals surface area (Å²) in [6, 6.07) is 8.98. The molecular weight excluding hydrogens is 681 g/mol. The zero-order chi connectivity index (χ0) is 44.7. The third-order valence-corrected chi connectivity index (χ3v) is 9.70. The Morgan fingerprint density at radius 1 is 0.554 bits per heavy atom. The van der Waals surface area contributed by atoms with Gasteiger partial charge in [0, 0.05) is 6.42 Å². The first kappa shape index (κ1) is 57.7. The lowest BCUT2D eigenvalue weighted by Gasteiger charge is -2.31. The van der Waals surface area contributed by atoms with Crippen molar-refractivity contribution in [2.75, 3.05) is 0 Å². The molecule has 0 spiro atoms. The van der Waals surface area contributed by atoms with Gasteiger partial charge in [-0.05, 0) is 107 Å². The second kappa shape index (κ2) is 27.9. The number of Topliss-reactive ketones (excluding diaryl/α,β-unsaturated/α-hetero) is 1. The number of hydrogen-bond donors (Lipinski definition) is 1. The fourth-order valence-corrected chi connectivity index (χ4v) is 6.29. The van der Waals surface area contributed by atoms with Crippen LogP contribution in [0.5, 0.6) is 5.75 Å². The second-order valence-corrected chi connectivity index (χ2v) is 19.6. The summed E-state index contributed by atoms with van der Waals surface area (Å²) in [5, 5.41) is 10.6. The maximum absolute atomic E-state index is 11.2. The number of phenolic OH excluding ortho intramolecular Hbond substituents is 1. The predicted octanol–water partition coefficient (Wildman–Crippen LogP) is 17.2. The fraction of sp³-hybridized carbons (Fsp3) is 0.685. The molecule has 0 saturated heterocycles. The maximum atomic E-state index is 11.2. The van der Waals surface area contributed by atoms with E-state index in [0.717, 1.165) is 48.8 Å². The van der Waals surface area contributed by atoms with Crippen LogP contribution in [0.15, 0.2) is 48.6 Å². The van der Waals surface area contributed by atoms with Gasteiger partial charge in [0.05, 0.1) is 0 Å². The van der Waals surface area contributed by atoms with Crippen molar-refractivity contribution in [2.45, 2.75) is 244 Å². The fourth-order valence-electron chi connectivity index (χ4n) is 6.29. The highest BCUT2D eigenvalue weighted by molar-refractivity contribution is 5.75. The van der Waals surface area contributed by atoms with Crippen LogP contribution in [0.2, 0.25) is 0 Å². The molecule has 2 aromatic carbocycles. The highest BCUT2D eigenvalue weighted by Gasteiger charge is 2.28. The number of allylic oxidation sites excluding steroid dienone is 2. The third-order valence-electron chi connectivity index (χ3n) is 9.70. The molecule has 0 saturated carbocycles. The van der Waals surface area contributed by atoms with Crippen molar-refractivity contribution in [3.05, 3.63) is 87.5 Å². The van der Waals surface area contributed by atoms with Gasteiger partial charge in [0.15, 0.2) is 0 Å². The van der Waals surface area contributed by atoms with E-state index in [9.17, 15) is 9.90 Å². The Hall–Kier alpha value is -2.61. The Morgan fingerprint density at radius 2 is 0.875 bits per heavy atom. The molecule has 2 nitrogen and oxygen atoms in total. The van der Waals surface area contributed by atoms with Gasteiger partial charge in [-0.15, -0.1) is 6.58 Å². The van der Waals surface area contributed by atoms with Crippen LogP contribution in [-0.2, 0) is 45.7 Å². The Kier molecular flexibility index (Phi) is 28.8. The van der Waals surface area contributed by atoms with E-state index in [0.29, 0.717) is 12.2 Å². The van der Waals surface area contributed by atoms with Crippen molar-refractivity contribution in [1.82, 2.24) is 0 Å². The van der Waals surface area contributed by atoms with Crippen LogP contribution in [0.4, 0.5) is 0 Å².